The van der Waals surface area contributed by atoms with E-state index in [2.05, 4.69) is 51.7 Å². The number of rotatable bonds is 15. The van der Waals surface area contributed by atoms with Crippen LogP contribution in [0, 0.1) is 0 Å². The third-order valence-corrected chi connectivity index (χ3v) is 4.68. The molecule has 22 heavy (non-hydrogen) atoms. The predicted octanol–water partition coefficient (Wildman–Crippen LogP) is 4.76. The van der Waals surface area contributed by atoms with Gasteiger partial charge in [-0.25, -0.2) is 0 Å². The molecular formula is C19H42N2O. The Morgan fingerprint density at radius 2 is 1.45 bits per heavy atom. The molecule has 0 aliphatic rings. The Balaban J connectivity index is 3.68. The van der Waals surface area contributed by atoms with Crippen LogP contribution in [0.3, 0.4) is 0 Å². The van der Waals surface area contributed by atoms with E-state index in [1.54, 1.807) is 0 Å². The number of unbranched alkanes of at least 4 members (excludes halogenated alkanes) is 6. The second-order valence-electron chi connectivity index (χ2n) is 6.94. The van der Waals surface area contributed by atoms with Gasteiger partial charge in [-0.2, -0.15) is 0 Å². The van der Waals surface area contributed by atoms with Gasteiger partial charge >= 0.3 is 0 Å². The highest BCUT2D eigenvalue weighted by Gasteiger charge is 2.14. The summed E-state index contributed by atoms with van der Waals surface area (Å²) in [6, 6.07) is 0.628. The normalized spacial score (nSPS) is 14.7. The SMILES string of the molecule is CCCCCCCCCOC(CC)N(C)CCC(C)N(C)C. The monoisotopic (exact) mass is 314 g/mol. The highest BCUT2D eigenvalue weighted by Crippen LogP contribution is 2.10. The van der Waals surface area contributed by atoms with Gasteiger partial charge in [-0.05, 0) is 47.3 Å². The van der Waals surface area contributed by atoms with E-state index in [0.717, 1.165) is 19.6 Å². The van der Waals surface area contributed by atoms with Crippen molar-refractivity contribution in [2.75, 3.05) is 34.3 Å². The van der Waals surface area contributed by atoms with Gasteiger partial charge in [0, 0.05) is 19.2 Å². The van der Waals surface area contributed by atoms with Gasteiger partial charge in [0.25, 0.3) is 0 Å². The third kappa shape index (κ3) is 11.4. The van der Waals surface area contributed by atoms with Crippen LogP contribution in [0.2, 0.25) is 0 Å². The van der Waals surface area contributed by atoms with Gasteiger partial charge in [-0.3, -0.25) is 4.90 Å². The lowest BCUT2D eigenvalue weighted by molar-refractivity contribution is -0.0524. The van der Waals surface area contributed by atoms with Crippen LogP contribution in [0.4, 0.5) is 0 Å². The maximum atomic E-state index is 6.09. The van der Waals surface area contributed by atoms with Crippen LogP contribution in [0.1, 0.15) is 78.6 Å². The Hall–Kier alpha value is -0.120. The smallest absolute Gasteiger partial charge is 0.110 e. The van der Waals surface area contributed by atoms with Crippen molar-refractivity contribution in [2.45, 2.75) is 90.8 Å². The molecule has 2 atom stereocenters. The molecule has 0 aliphatic carbocycles. The third-order valence-electron chi connectivity index (χ3n) is 4.68. The van der Waals surface area contributed by atoms with Gasteiger partial charge in [0.1, 0.15) is 6.23 Å². The van der Waals surface area contributed by atoms with E-state index in [1.807, 2.05) is 0 Å². The Labute approximate surface area is 140 Å². The lowest BCUT2D eigenvalue weighted by Gasteiger charge is -2.29. The summed E-state index contributed by atoms with van der Waals surface area (Å²) < 4.78 is 6.09. The van der Waals surface area contributed by atoms with E-state index in [4.69, 9.17) is 4.74 Å². The largest absolute Gasteiger partial charge is 0.363 e. The van der Waals surface area contributed by atoms with Crippen LogP contribution in [0.5, 0.6) is 0 Å². The van der Waals surface area contributed by atoms with Crippen LogP contribution in [0.15, 0.2) is 0 Å². The first-order valence-corrected chi connectivity index (χ1v) is 9.51. The summed E-state index contributed by atoms with van der Waals surface area (Å²) in [5, 5.41) is 0. The van der Waals surface area contributed by atoms with Gasteiger partial charge in [0.05, 0.1) is 0 Å². The first-order valence-electron chi connectivity index (χ1n) is 9.51. The molecule has 3 nitrogen and oxygen atoms in total. The molecule has 0 saturated carbocycles. The molecule has 0 amide bonds. The molecule has 0 aromatic rings. The number of nitrogens with zero attached hydrogens (tertiary/aromatic N) is 2. The summed E-state index contributed by atoms with van der Waals surface area (Å²) in [4.78, 5) is 4.66. The fourth-order valence-electron chi connectivity index (χ4n) is 2.63. The zero-order chi connectivity index (χ0) is 16.8. The topological polar surface area (TPSA) is 15.7 Å². The van der Waals surface area contributed by atoms with E-state index in [0.29, 0.717) is 6.04 Å². The molecular weight excluding hydrogens is 272 g/mol. The van der Waals surface area contributed by atoms with Crippen molar-refractivity contribution in [3.8, 4) is 0 Å². The van der Waals surface area contributed by atoms with Crippen molar-refractivity contribution in [3.63, 3.8) is 0 Å². The second kappa shape index (κ2) is 14.5. The van der Waals surface area contributed by atoms with Crippen LogP contribution < -0.4 is 0 Å². The molecule has 0 spiro atoms. The van der Waals surface area contributed by atoms with Crippen molar-refractivity contribution in [1.29, 1.82) is 0 Å². The molecule has 3 heteroatoms. The van der Waals surface area contributed by atoms with Gasteiger partial charge in [0.15, 0.2) is 0 Å². The molecule has 0 rings (SSSR count). The molecule has 0 saturated heterocycles. The van der Waals surface area contributed by atoms with Crippen LogP contribution in [-0.4, -0.2) is 56.4 Å². The molecule has 0 aliphatic heterocycles. The maximum absolute atomic E-state index is 6.09. The molecule has 0 N–H and O–H groups in total. The summed E-state index contributed by atoms with van der Waals surface area (Å²) in [5.41, 5.74) is 0. The minimum Gasteiger partial charge on any atom is -0.363 e. The fourth-order valence-corrected chi connectivity index (χ4v) is 2.63. The van der Waals surface area contributed by atoms with Gasteiger partial charge in [-0.15, -0.1) is 0 Å². The average Bonchev–Trinajstić information content (AvgIpc) is 2.50. The number of hydrogen-bond acceptors (Lipinski definition) is 3. The number of hydrogen-bond donors (Lipinski definition) is 0. The minimum atomic E-state index is 0.287. The lowest BCUT2D eigenvalue weighted by atomic mass is 10.1. The van der Waals surface area contributed by atoms with Crippen molar-refractivity contribution >= 4 is 0 Å². The van der Waals surface area contributed by atoms with Gasteiger partial charge in [-0.1, -0.05) is 52.4 Å². The molecule has 0 heterocycles. The Morgan fingerprint density at radius 1 is 0.864 bits per heavy atom. The van der Waals surface area contributed by atoms with Crippen molar-refractivity contribution in [2.24, 2.45) is 0 Å². The molecule has 2 unspecified atom stereocenters. The molecule has 0 radical (unpaired) electrons. The zero-order valence-corrected chi connectivity index (χ0v) is 16.2. The molecule has 0 aromatic carbocycles. The van der Waals surface area contributed by atoms with E-state index in [1.165, 1.54) is 51.4 Å². The maximum Gasteiger partial charge on any atom is 0.110 e. The Kier molecular flexibility index (Phi) is 14.4. The summed E-state index contributed by atoms with van der Waals surface area (Å²) in [5.74, 6) is 0. The summed E-state index contributed by atoms with van der Waals surface area (Å²) in [7, 11) is 6.50. The van der Waals surface area contributed by atoms with Crippen LogP contribution in [0.25, 0.3) is 0 Å². The Morgan fingerprint density at radius 3 is 2.00 bits per heavy atom. The second-order valence-corrected chi connectivity index (χ2v) is 6.94. The van der Waals surface area contributed by atoms with E-state index >= 15 is 0 Å². The highest BCUT2D eigenvalue weighted by atomic mass is 16.5. The molecule has 0 aromatic heterocycles. The average molecular weight is 315 g/mol. The Bertz CT molecular complexity index is 233. The number of ether oxygens (including phenoxy) is 1. The first kappa shape index (κ1) is 21.9. The summed E-state index contributed by atoms with van der Waals surface area (Å²) in [6.45, 7) is 8.80. The molecule has 0 fully saturated rings. The standard InChI is InChI=1S/C19H42N2O/c1-7-9-10-11-12-13-14-17-22-19(8-2)21(6)16-15-18(3)20(4)5/h18-19H,7-17H2,1-6H3. The quantitative estimate of drug-likeness (QED) is 0.320. The summed E-state index contributed by atoms with van der Waals surface area (Å²) >= 11 is 0. The van der Waals surface area contributed by atoms with E-state index in [9.17, 15) is 0 Å². The lowest BCUT2D eigenvalue weighted by Crippen LogP contribution is -2.37. The van der Waals surface area contributed by atoms with Gasteiger partial charge < -0.3 is 9.64 Å². The van der Waals surface area contributed by atoms with E-state index < -0.39 is 0 Å². The minimum absolute atomic E-state index is 0.287. The van der Waals surface area contributed by atoms with Crippen LogP contribution >= 0.6 is 0 Å². The van der Waals surface area contributed by atoms with Crippen molar-refractivity contribution < 1.29 is 4.74 Å². The molecule has 134 valence electrons. The highest BCUT2D eigenvalue weighted by molar-refractivity contribution is 4.64. The molecule has 0 bridgehead atoms. The van der Waals surface area contributed by atoms with Crippen molar-refractivity contribution in [1.82, 2.24) is 9.80 Å². The summed E-state index contributed by atoms with van der Waals surface area (Å²) in [6.07, 6.45) is 12.0. The fraction of sp³-hybridized carbons (Fsp3) is 1.00. The van der Waals surface area contributed by atoms with E-state index in [-0.39, 0.29) is 6.23 Å². The predicted molar refractivity (Wildman–Crippen MR) is 98.4 cm³/mol. The van der Waals surface area contributed by atoms with Gasteiger partial charge in [0.2, 0.25) is 0 Å². The van der Waals surface area contributed by atoms with Crippen molar-refractivity contribution in [3.05, 3.63) is 0 Å². The zero-order valence-electron chi connectivity index (χ0n) is 16.2. The van der Waals surface area contributed by atoms with Crippen LogP contribution in [-0.2, 0) is 4.74 Å². The first-order chi connectivity index (χ1) is 10.5.